The summed E-state index contributed by atoms with van der Waals surface area (Å²) < 4.78 is 45.7. The van der Waals surface area contributed by atoms with E-state index in [-0.39, 0.29) is 12.3 Å². The van der Waals surface area contributed by atoms with E-state index in [1.807, 2.05) is 31.2 Å². The number of halogens is 3. The summed E-state index contributed by atoms with van der Waals surface area (Å²) in [7, 11) is 0. The Kier molecular flexibility index (Phi) is 11.9. The quantitative estimate of drug-likeness (QED) is 0.254. The SMILES string of the molecule is C=Nc1ccccc1C=C(C)CC1CCCC2(CCC1)OCC(C)=C2C(=O)NCCC(C)CCC1=CC=CC(C(F)(F)F)C1. The number of para-hydroxylation sites is 1. The van der Waals surface area contributed by atoms with Crippen LogP contribution in [0.4, 0.5) is 18.9 Å². The van der Waals surface area contributed by atoms with Crippen molar-refractivity contribution in [1.82, 2.24) is 5.32 Å². The highest BCUT2D eigenvalue weighted by Gasteiger charge is 2.44. The predicted octanol–water partition coefficient (Wildman–Crippen LogP) is 9.86. The summed E-state index contributed by atoms with van der Waals surface area (Å²) in [5, 5.41) is 3.15. The van der Waals surface area contributed by atoms with Gasteiger partial charge in [0.05, 0.1) is 23.8 Å². The number of carbonyl (C=O) groups excluding carboxylic acids is 1. The summed E-state index contributed by atoms with van der Waals surface area (Å²) in [4.78, 5) is 17.6. The Morgan fingerprint density at radius 3 is 2.64 bits per heavy atom. The Balaban J connectivity index is 1.24. The van der Waals surface area contributed by atoms with E-state index >= 15 is 0 Å². The van der Waals surface area contributed by atoms with Gasteiger partial charge in [0.15, 0.2) is 0 Å². The van der Waals surface area contributed by atoms with Gasteiger partial charge in [0.25, 0.3) is 0 Å². The number of hydrogen-bond donors (Lipinski definition) is 1. The standard InChI is InChI=1S/C37H49F3N2O2/c1-26(16-17-30-10-7-14-32(24-30)37(38,39)40)18-21-42-35(43)34-28(3)25-44-36(34)19-8-11-29(12-9-20-36)22-27(2)23-31-13-5-6-15-33(31)41-4/h5-7,10,13-15,23,26,29,32H,4,8-9,11-12,16-22,24-25H2,1-3H3,(H,42,43). The molecule has 2 aliphatic carbocycles. The van der Waals surface area contributed by atoms with Crippen LogP contribution in [0.3, 0.4) is 0 Å². The second kappa shape index (κ2) is 15.4. The molecule has 0 bridgehead atoms. The van der Waals surface area contributed by atoms with Gasteiger partial charge in [0.2, 0.25) is 5.91 Å². The molecule has 1 aromatic rings. The molecular weight excluding hydrogens is 561 g/mol. The zero-order valence-corrected chi connectivity index (χ0v) is 26.6. The summed E-state index contributed by atoms with van der Waals surface area (Å²) >= 11 is 0. The Morgan fingerprint density at radius 1 is 1.20 bits per heavy atom. The molecule has 7 heteroatoms. The van der Waals surface area contributed by atoms with E-state index in [4.69, 9.17) is 4.74 Å². The molecule has 0 radical (unpaired) electrons. The number of nitrogens with zero attached hydrogens (tertiary/aromatic N) is 1. The Bertz CT molecular complexity index is 1280. The number of amides is 1. The molecule has 1 spiro atoms. The normalized spacial score (nSPS) is 25.4. The van der Waals surface area contributed by atoms with Crippen molar-refractivity contribution in [2.75, 3.05) is 13.2 Å². The molecule has 1 aromatic carbocycles. The molecule has 3 aliphatic rings. The predicted molar refractivity (Wildman–Crippen MR) is 174 cm³/mol. The molecule has 1 aliphatic heterocycles. The monoisotopic (exact) mass is 610 g/mol. The fourth-order valence-corrected chi connectivity index (χ4v) is 7.19. The van der Waals surface area contributed by atoms with Crippen LogP contribution < -0.4 is 5.32 Å². The van der Waals surface area contributed by atoms with Gasteiger partial charge < -0.3 is 10.1 Å². The first-order valence-corrected chi connectivity index (χ1v) is 16.3. The van der Waals surface area contributed by atoms with Crippen LogP contribution in [0.2, 0.25) is 0 Å². The molecular formula is C37H49F3N2O2. The van der Waals surface area contributed by atoms with Crippen LogP contribution in [0.5, 0.6) is 0 Å². The van der Waals surface area contributed by atoms with Crippen molar-refractivity contribution in [1.29, 1.82) is 0 Å². The zero-order valence-electron chi connectivity index (χ0n) is 26.6. The molecule has 240 valence electrons. The second-order valence-electron chi connectivity index (χ2n) is 13.3. The maximum atomic E-state index is 13.5. The number of nitrogens with one attached hydrogen (secondary N) is 1. The number of rotatable bonds is 11. The van der Waals surface area contributed by atoms with Crippen LogP contribution in [0.1, 0.15) is 97.0 Å². The van der Waals surface area contributed by atoms with Gasteiger partial charge in [0.1, 0.15) is 0 Å². The van der Waals surface area contributed by atoms with Gasteiger partial charge in [-0.1, -0.05) is 73.4 Å². The molecule has 4 rings (SSSR count). The molecule has 2 atom stereocenters. The molecule has 1 fully saturated rings. The van der Waals surface area contributed by atoms with Crippen molar-refractivity contribution >= 4 is 24.4 Å². The largest absolute Gasteiger partial charge is 0.395 e. The minimum Gasteiger partial charge on any atom is -0.366 e. The molecule has 1 heterocycles. The van der Waals surface area contributed by atoms with Crippen LogP contribution in [-0.4, -0.2) is 37.6 Å². The van der Waals surface area contributed by atoms with Crippen LogP contribution in [0.25, 0.3) is 6.08 Å². The Labute approximate surface area is 261 Å². The highest BCUT2D eigenvalue weighted by molar-refractivity contribution is 5.96. The van der Waals surface area contributed by atoms with E-state index in [0.717, 1.165) is 85.8 Å². The van der Waals surface area contributed by atoms with E-state index in [2.05, 4.69) is 43.0 Å². The Morgan fingerprint density at radius 2 is 1.93 bits per heavy atom. The van der Waals surface area contributed by atoms with E-state index in [0.29, 0.717) is 31.4 Å². The number of carbonyl (C=O) groups is 1. The number of aliphatic imine (C=N–C) groups is 1. The van der Waals surface area contributed by atoms with Crippen molar-refractivity contribution in [3.8, 4) is 0 Å². The van der Waals surface area contributed by atoms with E-state index in [9.17, 15) is 18.0 Å². The second-order valence-corrected chi connectivity index (χ2v) is 13.3. The first-order chi connectivity index (χ1) is 21.0. The fraction of sp³-hybridized carbons (Fsp3) is 0.568. The molecule has 4 nitrogen and oxygen atoms in total. The lowest BCUT2D eigenvalue weighted by Gasteiger charge is -2.35. The molecule has 44 heavy (non-hydrogen) atoms. The minimum atomic E-state index is -4.19. The van der Waals surface area contributed by atoms with Crippen molar-refractivity contribution in [2.24, 2.45) is 22.7 Å². The van der Waals surface area contributed by atoms with Crippen LogP contribution in [-0.2, 0) is 9.53 Å². The average molecular weight is 611 g/mol. The highest BCUT2D eigenvalue weighted by Crippen LogP contribution is 2.43. The summed E-state index contributed by atoms with van der Waals surface area (Å²) in [6, 6.07) is 8.07. The lowest BCUT2D eigenvalue weighted by Crippen LogP contribution is -2.40. The minimum absolute atomic E-state index is 0.0225. The first kappa shape index (κ1) is 34.0. The number of allylic oxidation sites excluding steroid dienone is 5. The van der Waals surface area contributed by atoms with Gasteiger partial charge in [-0.25, -0.2) is 0 Å². The van der Waals surface area contributed by atoms with Gasteiger partial charge in [0, 0.05) is 17.7 Å². The summed E-state index contributed by atoms with van der Waals surface area (Å²) in [6.07, 6.45) is 12.0. The first-order valence-electron chi connectivity index (χ1n) is 16.3. The zero-order chi connectivity index (χ0) is 31.7. The highest BCUT2D eigenvalue weighted by atomic mass is 19.4. The van der Waals surface area contributed by atoms with Gasteiger partial charge in [-0.3, -0.25) is 9.79 Å². The molecule has 1 amide bonds. The lowest BCUT2D eigenvalue weighted by molar-refractivity contribution is -0.161. The third kappa shape index (κ3) is 9.06. The topological polar surface area (TPSA) is 50.7 Å². The van der Waals surface area contributed by atoms with Gasteiger partial charge in [-0.05, 0) is 102 Å². The third-order valence-electron chi connectivity index (χ3n) is 9.64. The van der Waals surface area contributed by atoms with Gasteiger partial charge in [-0.2, -0.15) is 13.2 Å². The summed E-state index contributed by atoms with van der Waals surface area (Å²) in [5.74, 6) is -0.492. The Hall–Kier alpha value is -2.93. The molecule has 2 unspecified atom stereocenters. The van der Waals surface area contributed by atoms with Crippen LogP contribution in [0, 0.1) is 17.8 Å². The average Bonchev–Trinajstić information content (AvgIpc) is 3.30. The van der Waals surface area contributed by atoms with E-state index in [1.54, 1.807) is 0 Å². The molecule has 1 N–H and O–H groups in total. The van der Waals surface area contributed by atoms with Crippen LogP contribution in [0.15, 0.2) is 69.8 Å². The molecule has 1 saturated carbocycles. The van der Waals surface area contributed by atoms with Gasteiger partial charge in [-0.15, -0.1) is 0 Å². The fourth-order valence-electron chi connectivity index (χ4n) is 7.19. The van der Waals surface area contributed by atoms with E-state index in [1.165, 1.54) is 17.7 Å². The smallest absolute Gasteiger partial charge is 0.366 e. The third-order valence-corrected chi connectivity index (χ3v) is 9.64. The van der Waals surface area contributed by atoms with Crippen molar-refractivity contribution < 1.29 is 22.7 Å². The van der Waals surface area contributed by atoms with Crippen molar-refractivity contribution in [2.45, 2.75) is 103 Å². The summed E-state index contributed by atoms with van der Waals surface area (Å²) in [5.41, 5.74) is 5.56. The van der Waals surface area contributed by atoms with Crippen molar-refractivity contribution in [3.63, 3.8) is 0 Å². The maximum Gasteiger partial charge on any atom is 0.395 e. The van der Waals surface area contributed by atoms with Crippen LogP contribution >= 0.6 is 0 Å². The number of ether oxygens (including phenoxy) is 1. The van der Waals surface area contributed by atoms with Gasteiger partial charge >= 0.3 is 6.18 Å². The maximum absolute atomic E-state index is 13.5. The number of hydrogen-bond acceptors (Lipinski definition) is 3. The lowest BCUT2D eigenvalue weighted by atomic mass is 9.77. The molecule has 0 aromatic heterocycles. The number of alkyl halides is 3. The van der Waals surface area contributed by atoms with Crippen molar-refractivity contribution in [3.05, 3.63) is 70.3 Å². The summed E-state index contributed by atoms with van der Waals surface area (Å²) in [6.45, 7) is 11.1. The van der Waals surface area contributed by atoms with E-state index < -0.39 is 17.7 Å². The number of benzene rings is 1. The molecule has 0 saturated heterocycles.